The van der Waals surface area contributed by atoms with Crippen molar-refractivity contribution in [1.29, 1.82) is 0 Å². The summed E-state index contributed by atoms with van der Waals surface area (Å²) >= 11 is 0. The molecule has 18 heavy (non-hydrogen) atoms. The Morgan fingerprint density at radius 2 is 2.39 bits per heavy atom. The standard InChI is InChI=1S/C13H18N4O/c14-11-10(2-1-5-16-11)12(18)17-7-4-13(9-17)3-6-15-8-13/h1-2,5,15H,3-4,6-9H2,(H2,14,16). The zero-order chi connectivity index (χ0) is 12.6. The number of amides is 1. The number of hydrogen-bond donors (Lipinski definition) is 2. The second-order valence-electron chi connectivity index (χ2n) is 5.34. The molecule has 1 atom stereocenters. The van der Waals surface area contributed by atoms with Crippen LogP contribution in [0.4, 0.5) is 5.82 Å². The van der Waals surface area contributed by atoms with E-state index in [4.69, 9.17) is 5.73 Å². The first-order valence-corrected chi connectivity index (χ1v) is 6.41. The van der Waals surface area contributed by atoms with Crippen LogP contribution in [0.25, 0.3) is 0 Å². The maximum absolute atomic E-state index is 12.4. The number of pyridine rings is 1. The summed E-state index contributed by atoms with van der Waals surface area (Å²) in [6.07, 6.45) is 3.86. The van der Waals surface area contributed by atoms with Crippen LogP contribution in [0.2, 0.25) is 0 Å². The van der Waals surface area contributed by atoms with E-state index in [1.54, 1.807) is 18.3 Å². The summed E-state index contributed by atoms with van der Waals surface area (Å²) in [6.45, 7) is 3.76. The molecule has 0 bridgehead atoms. The first-order valence-electron chi connectivity index (χ1n) is 6.41. The van der Waals surface area contributed by atoms with Crippen molar-refractivity contribution in [3.8, 4) is 0 Å². The van der Waals surface area contributed by atoms with Crippen LogP contribution in [-0.4, -0.2) is 42.0 Å². The summed E-state index contributed by atoms with van der Waals surface area (Å²) in [5, 5.41) is 3.39. The van der Waals surface area contributed by atoms with E-state index in [0.29, 0.717) is 16.8 Å². The Kier molecular flexibility index (Phi) is 2.70. The predicted molar refractivity (Wildman–Crippen MR) is 69.1 cm³/mol. The number of nitrogens with two attached hydrogens (primary N) is 1. The highest BCUT2D eigenvalue weighted by atomic mass is 16.2. The van der Waals surface area contributed by atoms with Crippen LogP contribution in [0.3, 0.4) is 0 Å². The van der Waals surface area contributed by atoms with Crippen molar-refractivity contribution in [1.82, 2.24) is 15.2 Å². The zero-order valence-electron chi connectivity index (χ0n) is 10.4. The molecule has 0 aromatic carbocycles. The molecule has 3 N–H and O–H groups in total. The van der Waals surface area contributed by atoms with Crippen LogP contribution < -0.4 is 11.1 Å². The number of hydrogen-bond acceptors (Lipinski definition) is 4. The highest BCUT2D eigenvalue weighted by molar-refractivity contribution is 5.98. The highest BCUT2D eigenvalue weighted by Crippen LogP contribution is 2.36. The molecule has 0 saturated carbocycles. The lowest BCUT2D eigenvalue weighted by atomic mass is 9.86. The van der Waals surface area contributed by atoms with Crippen LogP contribution in [0.15, 0.2) is 18.3 Å². The van der Waals surface area contributed by atoms with Crippen LogP contribution in [0.1, 0.15) is 23.2 Å². The second-order valence-corrected chi connectivity index (χ2v) is 5.34. The summed E-state index contributed by atoms with van der Waals surface area (Å²) in [6, 6.07) is 3.51. The Hall–Kier alpha value is -1.62. The average molecular weight is 246 g/mol. The number of anilines is 1. The van der Waals surface area contributed by atoms with Gasteiger partial charge in [0.25, 0.3) is 5.91 Å². The molecule has 1 aromatic heterocycles. The summed E-state index contributed by atoms with van der Waals surface area (Å²) < 4.78 is 0. The Labute approximate surface area is 106 Å². The quantitative estimate of drug-likeness (QED) is 0.756. The second kappa shape index (κ2) is 4.24. The number of likely N-dealkylation sites (tertiary alicyclic amines) is 1. The molecule has 2 fully saturated rings. The molecule has 3 rings (SSSR count). The van der Waals surface area contributed by atoms with Gasteiger partial charge in [-0.25, -0.2) is 4.98 Å². The minimum Gasteiger partial charge on any atom is -0.383 e. The first kappa shape index (κ1) is 11.5. The smallest absolute Gasteiger partial charge is 0.257 e. The molecule has 1 aromatic rings. The van der Waals surface area contributed by atoms with Crippen LogP contribution in [0, 0.1) is 5.41 Å². The third kappa shape index (κ3) is 1.84. The number of nitrogen functional groups attached to an aromatic ring is 1. The lowest BCUT2D eigenvalue weighted by Crippen LogP contribution is -2.33. The maximum Gasteiger partial charge on any atom is 0.257 e. The molecule has 96 valence electrons. The number of carbonyl (C=O) groups excluding carboxylic acids is 1. The molecular weight excluding hydrogens is 228 g/mol. The minimum absolute atomic E-state index is 0.0179. The minimum atomic E-state index is 0.0179. The highest BCUT2D eigenvalue weighted by Gasteiger charge is 2.42. The van der Waals surface area contributed by atoms with Gasteiger partial charge in [-0.2, -0.15) is 0 Å². The number of nitrogens with one attached hydrogen (secondary N) is 1. The Bertz CT molecular complexity index is 468. The van der Waals surface area contributed by atoms with Crippen molar-refractivity contribution in [2.45, 2.75) is 12.8 Å². The van der Waals surface area contributed by atoms with Gasteiger partial charge in [0.1, 0.15) is 5.82 Å². The molecule has 1 spiro atoms. The lowest BCUT2D eigenvalue weighted by Gasteiger charge is -2.23. The summed E-state index contributed by atoms with van der Waals surface area (Å²) in [5.41, 5.74) is 6.59. The molecule has 2 saturated heterocycles. The van der Waals surface area contributed by atoms with E-state index in [-0.39, 0.29) is 5.91 Å². The molecule has 1 unspecified atom stereocenters. The SMILES string of the molecule is Nc1ncccc1C(=O)N1CCC2(CCNC2)C1. The van der Waals surface area contributed by atoms with Gasteiger partial charge < -0.3 is 16.0 Å². The van der Waals surface area contributed by atoms with Gasteiger partial charge in [-0.05, 0) is 31.5 Å². The third-order valence-corrected chi connectivity index (χ3v) is 4.13. The molecule has 2 aliphatic rings. The van der Waals surface area contributed by atoms with Crippen molar-refractivity contribution in [3.63, 3.8) is 0 Å². The molecule has 2 aliphatic heterocycles. The van der Waals surface area contributed by atoms with Crippen molar-refractivity contribution in [2.75, 3.05) is 31.9 Å². The Morgan fingerprint density at radius 3 is 3.11 bits per heavy atom. The topological polar surface area (TPSA) is 71.2 Å². The van der Waals surface area contributed by atoms with Crippen molar-refractivity contribution >= 4 is 11.7 Å². The maximum atomic E-state index is 12.4. The van der Waals surface area contributed by atoms with Crippen LogP contribution >= 0.6 is 0 Å². The van der Waals surface area contributed by atoms with Gasteiger partial charge in [0.15, 0.2) is 0 Å². The van der Waals surface area contributed by atoms with E-state index in [9.17, 15) is 4.79 Å². The fraction of sp³-hybridized carbons (Fsp3) is 0.538. The molecule has 5 heteroatoms. The number of carbonyl (C=O) groups is 1. The van der Waals surface area contributed by atoms with Crippen molar-refractivity contribution < 1.29 is 4.79 Å². The van der Waals surface area contributed by atoms with Gasteiger partial charge in [0, 0.05) is 31.2 Å². The van der Waals surface area contributed by atoms with Gasteiger partial charge >= 0.3 is 0 Å². The van der Waals surface area contributed by atoms with E-state index in [2.05, 4.69) is 10.3 Å². The van der Waals surface area contributed by atoms with E-state index < -0.39 is 0 Å². The zero-order valence-corrected chi connectivity index (χ0v) is 10.4. The first-order chi connectivity index (χ1) is 8.70. The summed E-state index contributed by atoms with van der Waals surface area (Å²) in [5.74, 6) is 0.345. The third-order valence-electron chi connectivity index (χ3n) is 4.13. The molecule has 0 aliphatic carbocycles. The van der Waals surface area contributed by atoms with E-state index in [1.807, 2.05) is 4.90 Å². The van der Waals surface area contributed by atoms with Gasteiger partial charge in [-0.1, -0.05) is 0 Å². The predicted octanol–water partition coefficient (Wildman–Crippen LogP) is 0.489. The van der Waals surface area contributed by atoms with Gasteiger partial charge in [-0.15, -0.1) is 0 Å². The fourth-order valence-electron chi connectivity index (χ4n) is 3.02. The normalized spacial score (nSPS) is 27.0. The van der Waals surface area contributed by atoms with Gasteiger partial charge in [0.05, 0.1) is 5.56 Å². The van der Waals surface area contributed by atoms with Gasteiger partial charge in [-0.3, -0.25) is 4.79 Å². The monoisotopic (exact) mass is 246 g/mol. The number of rotatable bonds is 1. The number of nitrogens with zero attached hydrogens (tertiary/aromatic N) is 2. The number of aromatic nitrogens is 1. The largest absolute Gasteiger partial charge is 0.383 e. The molecule has 3 heterocycles. The molecule has 5 nitrogen and oxygen atoms in total. The van der Waals surface area contributed by atoms with Crippen molar-refractivity contribution in [2.24, 2.45) is 5.41 Å². The summed E-state index contributed by atoms with van der Waals surface area (Å²) in [4.78, 5) is 18.3. The van der Waals surface area contributed by atoms with E-state index in [1.165, 1.54) is 6.42 Å². The van der Waals surface area contributed by atoms with E-state index >= 15 is 0 Å². The Balaban J connectivity index is 1.77. The summed E-state index contributed by atoms with van der Waals surface area (Å²) in [7, 11) is 0. The molecule has 1 amide bonds. The van der Waals surface area contributed by atoms with Crippen LogP contribution in [0.5, 0.6) is 0 Å². The van der Waals surface area contributed by atoms with E-state index in [0.717, 1.165) is 32.6 Å². The average Bonchev–Trinajstić information content (AvgIpc) is 3.00. The van der Waals surface area contributed by atoms with Crippen LogP contribution in [-0.2, 0) is 0 Å². The molecule has 0 radical (unpaired) electrons. The van der Waals surface area contributed by atoms with Gasteiger partial charge in [0.2, 0.25) is 0 Å². The van der Waals surface area contributed by atoms with Crippen molar-refractivity contribution in [3.05, 3.63) is 23.9 Å². The molecular formula is C13H18N4O. The fourth-order valence-corrected chi connectivity index (χ4v) is 3.02. The lowest BCUT2D eigenvalue weighted by molar-refractivity contribution is 0.0776. The Morgan fingerprint density at radius 1 is 1.50 bits per heavy atom.